The molecule has 1 aromatic carbocycles. The zero-order valence-electron chi connectivity index (χ0n) is 11.4. The highest BCUT2D eigenvalue weighted by Gasteiger charge is 2.22. The van der Waals surface area contributed by atoms with Crippen LogP contribution in [0.15, 0.2) is 35.5 Å². The predicted molar refractivity (Wildman–Crippen MR) is 78.2 cm³/mol. The second-order valence-electron chi connectivity index (χ2n) is 4.53. The third-order valence-corrected chi connectivity index (χ3v) is 4.09. The maximum Gasteiger partial charge on any atom is 0.181 e. The highest BCUT2D eigenvalue weighted by molar-refractivity contribution is 7.90. The normalized spacial score (nSPS) is 11.5. The van der Waals surface area contributed by atoms with Gasteiger partial charge in [0, 0.05) is 17.4 Å². The molecule has 0 amide bonds. The van der Waals surface area contributed by atoms with Crippen LogP contribution in [0.3, 0.4) is 0 Å². The minimum atomic E-state index is -3.49. The minimum absolute atomic E-state index is 0.0992. The van der Waals surface area contributed by atoms with Gasteiger partial charge in [-0.3, -0.25) is 4.98 Å². The lowest BCUT2D eigenvalue weighted by Crippen LogP contribution is -2.03. The fourth-order valence-electron chi connectivity index (χ4n) is 2.04. The molecule has 2 heterocycles. The molecular weight excluding hydrogens is 306 g/mol. The number of aromatic nitrogens is 6. The fraction of sp³-hybridized carbons (Fsp3) is 0.0833. The van der Waals surface area contributed by atoms with Crippen LogP contribution >= 0.6 is 0 Å². The van der Waals surface area contributed by atoms with Crippen LogP contribution < -0.4 is 5.73 Å². The number of hydrogen-bond acceptors (Lipinski definition) is 8. The first-order valence-electron chi connectivity index (χ1n) is 6.12. The van der Waals surface area contributed by atoms with Gasteiger partial charge in [0.25, 0.3) is 0 Å². The van der Waals surface area contributed by atoms with E-state index in [0.717, 1.165) is 6.26 Å². The molecule has 0 aliphatic rings. The molecule has 0 saturated carbocycles. The van der Waals surface area contributed by atoms with Gasteiger partial charge in [-0.05, 0) is 16.5 Å². The molecule has 0 spiro atoms. The van der Waals surface area contributed by atoms with Crippen LogP contribution in [0.5, 0.6) is 0 Å². The largest absolute Gasteiger partial charge is 0.382 e. The Morgan fingerprint density at radius 3 is 2.59 bits per heavy atom. The molecule has 10 heteroatoms. The number of nitrogens with one attached hydrogen (secondary N) is 1. The summed E-state index contributed by atoms with van der Waals surface area (Å²) in [6.45, 7) is 0. The topological polar surface area (TPSA) is 140 Å². The van der Waals surface area contributed by atoms with E-state index in [9.17, 15) is 8.42 Å². The summed E-state index contributed by atoms with van der Waals surface area (Å²) in [6.07, 6.45) is 3.98. The third-order valence-electron chi connectivity index (χ3n) is 2.96. The number of rotatable bonds is 3. The lowest BCUT2D eigenvalue weighted by Gasteiger charge is -2.10. The molecular formula is C12H11N7O2S. The Kier molecular flexibility index (Phi) is 3.29. The van der Waals surface area contributed by atoms with Crippen LogP contribution in [0.4, 0.5) is 5.82 Å². The molecule has 0 aliphatic carbocycles. The minimum Gasteiger partial charge on any atom is -0.382 e. The summed E-state index contributed by atoms with van der Waals surface area (Å²) in [6, 6.07) is 4.82. The number of aromatic amines is 1. The molecule has 9 nitrogen and oxygen atoms in total. The lowest BCUT2D eigenvalue weighted by molar-refractivity contribution is 0.602. The summed E-state index contributed by atoms with van der Waals surface area (Å²) >= 11 is 0. The Balaban J connectivity index is 2.34. The standard InChI is InChI=1S/C12H11N7O2S/c1-22(20,21)9-4-2-3-7(8-5-15-10(13)6-14-8)11(9)12-16-18-19-17-12/h2-6H,1H3,(H2,13,15)(H,16,17,18,19). The summed E-state index contributed by atoms with van der Waals surface area (Å²) in [5.74, 6) is 0.501. The van der Waals surface area contributed by atoms with Crippen molar-refractivity contribution >= 4 is 15.7 Å². The van der Waals surface area contributed by atoms with Gasteiger partial charge in [0.2, 0.25) is 0 Å². The zero-order valence-corrected chi connectivity index (χ0v) is 12.2. The van der Waals surface area contributed by atoms with Gasteiger partial charge in [0.05, 0.1) is 23.0 Å². The van der Waals surface area contributed by atoms with Crippen LogP contribution in [0.25, 0.3) is 22.6 Å². The Hall–Kier alpha value is -2.88. The van der Waals surface area contributed by atoms with Crippen LogP contribution in [-0.4, -0.2) is 45.3 Å². The molecule has 22 heavy (non-hydrogen) atoms. The van der Waals surface area contributed by atoms with E-state index in [1.165, 1.54) is 18.5 Å². The van der Waals surface area contributed by atoms with Gasteiger partial charge in [0.15, 0.2) is 15.7 Å². The van der Waals surface area contributed by atoms with E-state index in [0.29, 0.717) is 16.8 Å². The summed E-state index contributed by atoms with van der Waals surface area (Å²) in [5, 5.41) is 13.4. The summed E-state index contributed by atoms with van der Waals surface area (Å²) in [7, 11) is -3.49. The van der Waals surface area contributed by atoms with E-state index in [4.69, 9.17) is 5.73 Å². The van der Waals surface area contributed by atoms with Crippen molar-refractivity contribution in [3.05, 3.63) is 30.6 Å². The Morgan fingerprint density at radius 2 is 2.00 bits per heavy atom. The molecule has 0 aliphatic heterocycles. The van der Waals surface area contributed by atoms with Gasteiger partial charge in [-0.2, -0.15) is 0 Å². The van der Waals surface area contributed by atoms with Gasteiger partial charge >= 0.3 is 0 Å². The van der Waals surface area contributed by atoms with Crippen LogP contribution in [0, 0.1) is 0 Å². The number of tetrazole rings is 1. The molecule has 3 aromatic rings. The van der Waals surface area contributed by atoms with Gasteiger partial charge in [0.1, 0.15) is 5.82 Å². The molecule has 0 bridgehead atoms. The maximum atomic E-state index is 12.0. The van der Waals surface area contributed by atoms with E-state index in [-0.39, 0.29) is 16.5 Å². The average Bonchev–Trinajstić information content (AvgIpc) is 3.00. The number of sulfone groups is 1. The van der Waals surface area contributed by atoms with E-state index >= 15 is 0 Å². The second-order valence-corrected chi connectivity index (χ2v) is 6.51. The molecule has 3 rings (SSSR count). The zero-order chi connectivity index (χ0) is 15.7. The van der Waals surface area contributed by atoms with E-state index in [1.54, 1.807) is 12.1 Å². The van der Waals surface area contributed by atoms with Gasteiger partial charge in [-0.1, -0.05) is 12.1 Å². The first-order valence-corrected chi connectivity index (χ1v) is 8.01. The smallest absolute Gasteiger partial charge is 0.181 e. The quantitative estimate of drug-likeness (QED) is 0.703. The lowest BCUT2D eigenvalue weighted by atomic mass is 10.0. The number of nitrogens with two attached hydrogens (primary N) is 1. The van der Waals surface area contributed by atoms with Crippen molar-refractivity contribution < 1.29 is 8.42 Å². The van der Waals surface area contributed by atoms with Crippen molar-refractivity contribution in [2.24, 2.45) is 0 Å². The number of anilines is 1. The van der Waals surface area contributed by atoms with Gasteiger partial charge in [-0.15, -0.1) is 5.10 Å². The number of hydrogen-bond donors (Lipinski definition) is 2. The van der Waals surface area contributed by atoms with Crippen molar-refractivity contribution in [1.82, 2.24) is 30.6 Å². The molecule has 112 valence electrons. The van der Waals surface area contributed by atoms with Gasteiger partial charge in [-0.25, -0.2) is 18.5 Å². The van der Waals surface area contributed by atoms with Crippen molar-refractivity contribution in [2.75, 3.05) is 12.0 Å². The van der Waals surface area contributed by atoms with Crippen LogP contribution in [0.2, 0.25) is 0 Å². The summed E-state index contributed by atoms with van der Waals surface area (Å²) in [4.78, 5) is 8.25. The second kappa shape index (κ2) is 5.15. The van der Waals surface area contributed by atoms with E-state index in [2.05, 4.69) is 30.6 Å². The maximum absolute atomic E-state index is 12.0. The van der Waals surface area contributed by atoms with E-state index < -0.39 is 9.84 Å². The van der Waals surface area contributed by atoms with Crippen LogP contribution in [0.1, 0.15) is 0 Å². The number of benzene rings is 1. The van der Waals surface area contributed by atoms with Crippen LogP contribution in [-0.2, 0) is 9.84 Å². The van der Waals surface area contributed by atoms with Crippen molar-refractivity contribution in [2.45, 2.75) is 4.90 Å². The Bertz CT molecular complexity index is 905. The first-order chi connectivity index (χ1) is 10.5. The van der Waals surface area contributed by atoms with Crippen molar-refractivity contribution in [1.29, 1.82) is 0 Å². The van der Waals surface area contributed by atoms with E-state index in [1.807, 2.05) is 0 Å². The fourth-order valence-corrected chi connectivity index (χ4v) is 2.94. The molecule has 3 N–H and O–H groups in total. The molecule has 0 radical (unpaired) electrons. The Morgan fingerprint density at radius 1 is 1.18 bits per heavy atom. The SMILES string of the molecule is CS(=O)(=O)c1cccc(-c2cnc(N)cn2)c1-c1nnn[nH]1. The number of nitrogens with zero attached hydrogens (tertiary/aromatic N) is 5. The third kappa shape index (κ3) is 2.51. The molecule has 2 aromatic heterocycles. The van der Waals surface area contributed by atoms with Gasteiger partial charge < -0.3 is 5.73 Å². The molecule has 0 unspecified atom stereocenters. The Labute approximate surface area is 125 Å². The summed E-state index contributed by atoms with van der Waals surface area (Å²) in [5.41, 5.74) is 6.87. The molecule has 0 saturated heterocycles. The number of nitrogen functional groups attached to an aromatic ring is 1. The summed E-state index contributed by atoms with van der Waals surface area (Å²) < 4.78 is 24.1. The first kappa shape index (κ1) is 14.1. The highest BCUT2D eigenvalue weighted by atomic mass is 32.2. The predicted octanol–water partition coefficient (Wildman–Crippen LogP) is 0.309. The average molecular weight is 317 g/mol. The number of H-pyrrole nitrogens is 1. The molecule has 0 atom stereocenters. The monoisotopic (exact) mass is 317 g/mol. The highest BCUT2D eigenvalue weighted by Crippen LogP contribution is 2.34. The molecule has 0 fully saturated rings. The van der Waals surface area contributed by atoms with Crippen molar-refractivity contribution in [3.63, 3.8) is 0 Å². The van der Waals surface area contributed by atoms with Crippen molar-refractivity contribution in [3.8, 4) is 22.6 Å².